The molecular formula is C15H19FN2O2S. The van der Waals surface area contributed by atoms with Gasteiger partial charge in [0.15, 0.2) is 0 Å². The first-order valence-electron chi connectivity index (χ1n) is 6.87. The average molecular weight is 310 g/mol. The topological polar surface area (TPSA) is 64.3 Å². The van der Waals surface area contributed by atoms with Crippen LogP contribution in [0.1, 0.15) is 26.3 Å². The summed E-state index contributed by atoms with van der Waals surface area (Å²) >= 11 is 4.79. The van der Waals surface area contributed by atoms with Gasteiger partial charge in [0.25, 0.3) is 0 Å². The van der Waals surface area contributed by atoms with Crippen LogP contribution >= 0.6 is 12.2 Å². The Hall–Kier alpha value is -1.53. The van der Waals surface area contributed by atoms with Crippen LogP contribution < -0.4 is 11.1 Å². The third-order valence-electron chi connectivity index (χ3n) is 4.06. The van der Waals surface area contributed by atoms with Gasteiger partial charge < -0.3 is 15.8 Å². The van der Waals surface area contributed by atoms with Crippen molar-refractivity contribution < 1.29 is 13.9 Å². The van der Waals surface area contributed by atoms with E-state index in [1.54, 1.807) is 6.07 Å². The number of hydrogen-bond donors (Lipinski definition) is 2. The Morgan fingerprint density at radius 1 is 1.33 bits per heavy atom. The first-order chi connectivity index (χ1) is 9.81. The van der Waals surface area contributed by atoms with Crippen LogP contribution in [-0.2, 0) is 9.53 Å². The molecule has 1 amide bonds. The van der Waals surface area contributed by atoms with E-state index >= 15 is 0 Å². The molecular weight excluding hydrogens is 291 g/mol. The minimum absolute atomic E-state index is 0.0117. The second-order valence-corrected chi connectivity index (χ2v) is 5.92. The molecule has 0 saturated carbocycles. The number of nitrogens with two attached hydrogens (primary N) is 1. The summed E-state index contributed by atoms with van der Waals surface area (Å²) in [4.78, 5) is 12.5. The zero-order valence-corrected chi connectivity index (χ0v) is 13.0. The number of carbonyl (C=O) groups excluding carboxylic acids is 1. The highest BCUT2D eigenvalue weighted by Crippen LogP contribution is 2.33. The molecule has 0 bridgehead atoms. The summed E-state index contributed by atoms with van der Waals surface area (Å²) in [5, 5.41) is 2.62. The van der Waals surface area contributed by atoms with E-state index in [1.165, 1.54) is 12.1 Å². The van der Waals surface area contributed by atoms with Gasteiger partial charge in [0.05, 0.1) is 23.8 Å². The summed E-state index contributed by atoms with van der Waals surface area (Å²) in [7, 11) is 0. The van der Waals surface area contributed by atoms with Crippen molar-refractivity contribution in [3.63, 3.8) is 0 Å². The number of benzene rings is 1. The number of carbonyl (C=O) groups is 1. The molecule has 4 nitrogen and oxygen atoms in total. The molecule has 1 aliphatic heterocycles. The van der Waals surface area contributed by atoms with Crippen LogP contribution in [-0.4, -0.2) is 23.1 Å². The molecule has 0 spiro atoms. The Labute approximate surface area is 128 Å². The molecule has 1 aliphatic rings. The quantitative estimate of drug-likeness (QED) is 0.842. The molecule has 0 aliphatic carbocycles. The largest absolute Gasteiger partial charge is 0.389 e. The Bertz CT molecular complexity index is 579. The van der Waals surface area contributed by atoms with Crippen molar-refractivity contribution in [3.8, 4) is 0 Å². The highest BCUT2D eigenvalue weighted by molar-refractivity contribution is 7.80. The lowest BCUT2D eigenvalue weighted by atomic mass is 9.89. The number of hydrogen-bond acceptors (Lipinski definition) is 3. The van der Waals surface area contributed by atoms with Crippen molar-refractivity contribution in [2.45, 2.75) is 33.0 Å². The van der Waals surface area contributed by atoms with Crippen molar-refractivity contribution in [3.05, 3.63) is 29.6 Å². The second-order valence-electron chi connectivity index (χ2n) is 5.48. The number of anilines is 1. The lowest BCUT2D eigenvalue weighted by molar-refractivity contribution is -0.122. The van der Waals surface area contributed by atoms with Crippen LogP contribution in [0.25, 0.3) is 0 Å². The molecule has 6 heteroatoms. The molecule has 21 heavy (non-hydrogen) atoms. The lowest BCUT2D eigenvalue weighted by Gasteiger charge is -2.18. The van der Waals surface area contributed by atoms with E-state index in [0.29, 0.717) is 5.56 Å². The number of amides is 1. The Morgan fingerprint density at radius 3 is 2.48 bits per heavy atom. The maximum atomic E-state index is 14.0. The third-order valence-corrected chi connectivity index (χ3v) is 4.29. The van der Waals surface area contributed by atoms with Crippen LogP contribution in [0.2, 0.25) is 0 Å². The highest BCUT2D eigenvalue weighted by Gasteiger charge is 2.41. The minimum atomic E-state index is -0.555. The molecule has 3 N–H and O–H groups in total. The number of ether oxygens (including phenoxy) is 1. The van der Waals surface area contributed by atoms with E-state index in [0.717, 1.165) is 0 Å². The van der Waals surface area contributed by atoms with Gasteiger partial charge in [0, 0.05) is 5.56 Å². The van der Waals surface area contributed by atoms with Gasteiger partial charge in [-0.1, -0.05) is 19.1 Å². The molecule has 1 saturated heterocycles. The molecule has 4 atom stereocenters. The summed E-state index contributed by atoms with van der Waals surface area (Å²) in [5.74, 6) is -1.00. The maximum absolute atomic E-state index is 14.0. The summed E-state index contributed by atoms with van der Waals surface area (Å²) in [5.41, 5.74) is 6.00. The van der Waals surface area contributed by atoms with E-state index in [1.807, 2.05) is 20.8 Å². The summed E-state index contributed by atoms with van der Waals surface area (Å²) in [6.07, 6.45) is -0.174. The lowest BCUT2D eigenvalue weighted by Crippen LogP contribution is -2.32. The van der Waals surface area contributed by atoms with Gasteiger partial charge in [-0.25, -0.2) is 4.39 Å². The fourth-order valence-corrected chi connectivity index (χ4v) is 2.83. The van der Waals surface area contributed by atoms with Crippen LogP contribution in [0.3, 0.4) is 0 Å². The van der Waals surface area contributed by atoms with Gasteiger partial charge in [-0.15, -0.1) is 0 Å². The van der Waals surface area contributed by atoms with E-state index in [2.05, 4.69) is 5.32 Å². The van der Waals surface area contributed by atoms with Gasteiger partial charge in [-0.05, 0) is 38.0 Å². The molecule has 1 heterocycles. The molecule has 114 valence electrons. The number of thiocarbonyl (C=S) groups is 1. The van der Waals surface area contributed by atoms with E-state index in [4.69, 9.17) is 22.7 Å². The van der Waals surface area contributed by atoms with Crippen molar-refractivity contribution >= 4 is 28.8 Å². The normalized spacial score (nSPS) is 28.4. The smallest absolute Gasteiger partial charge is 0.230 e. The number of rotatable bonds is 3. The van der Waals surface area contributed by atoms with Gasteiger partial charge in [0.1, 0.15) is 10.8 Å². The molecule has 4 unspecified atom stereocenters. The van der Waals surface area contributed by atoms with Gasteiger partial charge >= 0.3 is 0 Å². The first-order valence-corrected chi connectivity index (χ1v) is 7.27. The Morgan fingerprint density at radius 2 is 2.00 bits per heavy atom. The monoisotopic (exact) mass is 310 g/mol. The zero-order chi connectivity index (χ0) is 15.7. The fraction of sp³-hybridized carbons (Fsp3) is 0.467. The third kappa shape index (κ3) is 3.22. The van der Waals surface area contributed by atoms with E-state index in [9.17, 15) is 9.18 Å². The zero-order valence-electron chi connectivity index (χ0n) is 12.2. The van der Waals surface area contributed by atoms with Gasteiger partial charge in [-0.2, -0.15) is 0 Å². The first kappa shape index (κ1) is 15.9. The minimum Gasteiger partial charge on any atom is -0.389 e. The number of halogens is 1. The standard InChI is InChI=1S/C15H19FN2O2S/c1-7-8(2)20-9(3)13(7)15(19)18-12-5-4-10(14(17)21)6-11(12)16/h4-9,13H,1-3H3,(H2,17,21)(H,18,19). The van der Waals surface area contributed by atoms with E-state index in [-0.39, 0.29) is 40.6 Å². The predicted molar refractivity (Wildman–Crippen MR) is 83.6 cm³/mol. The van der Waals surface area contributed by atoms with Crippen LogP contribution in [0.4, 0.5) is 10.1 Å². The predicted octanol–water partition coefficient (Wildman–Crippen LogP) is 2.46. The Kier molecular flexibility index (Phi) is 4.58. The van der Waals surface area contributed by atoms with Crippen molar-refractivity contribution in [2.24, 2.45) is 17.6 Å². The van der Waals surface area contributed by atoms with E-state index < -0.39 is 5.82 Å². The molecule has 1 aromatic rings. The molecule has 0 aromatic heterocycles. The molecule has 1 fully saturated rings. The van der Waals surface area contributed by atoms with Crippen LogP contribution in [0.5, 0.6) is 0 Å². The molecule has 1 aromatic carbocycles. The fourth-order valence-electron chi connectivity index (χ4n) is 2.70. The van der Waals surface area contributed by atoms with Crippen molar-refractivity contribution in [1.82, 2.24) is 0 Å². The Balaban J connectivity index is 2.15. The van der Waals surface area contributed by atoms with Gasteiger partial charge in [-0.3, -0.25) is 4.79 Å². The molecule has 0 radical (unpaired) electrons. The van der Waals surface area contributed by atoms with Crippen LogP contribution in [0.15, 0.2) is 18.2 Å². The van der Waals surface area contributed by atoms with Gasteiger partial charge in [0.2, 0.25) is 5.91 Å². The van der Waals surface area contributed by atoms with Crippen molar-refractivity contribution in [1.29, 1.82) is 0 Å². The molecule has 2 rings (SSSR count). The second kappa shape index (κ2) is 6.07. The van der Waals surface area contributed by atoms with Crippen LogP contribution in [0, 0.1) is 17.7 Å². The number of nitrogens with one attached hydrogen (secondary N) is 1. The summed E-state index contributed by atoms with van der Waals surface area (Å²) < 4.78 is 19.6. The maximum Gasteiger partial charge on any atom is 0.230 e. The summed E-state index contributed by atoms with van der Waals surface area (Å²) in [6, 6.07) is 4.27. The average Bonchev–Trinajstić information content (AvgIpc) is 2.65. The SMILES string of the molecule is CC1OC(C)C(C(=O)Nc2ccc(C(N)=S)cc2F)C1C. The van der Waals surface area contributed by atoms with Crippen molar-refractivity contribution in [2.75, 3.05) is 5.32 Å². The highest BCUT2D eigenvalue weighted by atomic mass is 32.1. The summed E-state index contributed by atoms with van der Waals surface area (Å²) in [6.45, 7) is 5.76.